The first-order valence-corrected chi connectivity index (χ1v) is 6.88. The first kappa shape index (κ1) is 14.3. The molecule has 4 nitrogen and oxygen atoms in total. The standard InChI is InChI=1S/C16H19NO3/c1-11-3-2-4-14(11)16(20)17-13-8-5-12(6-9-13)7-10-15(18)19/h5-11,14H,2-4H2,1H3,(H,17,20)(H,18,19)/b10-7+. The zero-order valence-corrected chi connectivity index (χ0v) is 11.5. The molecular weight excluding hydrogens is 254 g/mol. The molecule has 20 heavy (non-hydrogen) atoms. The van der Waals surface area contributed by atoms with Crippen LogP contribution in [0.25, 0.3) is 6.08 Å². The fraction of sp³-hybridized carbons (Fsp3) is 0.375. The van der Waals surface area contributed by atoms with Gasteiger partial charge in [0.05, 0.1) is 0 Å². The summed E-state index contributed by atoms with van der Waals surface area (Å²) in [6.45, 7) is 2.12. The number of amides is 1. The quantitative estimate of drug-likeness (QED) is 0.828. The van der Waals surface area contributed by atoms with Crippen LogP contribution in [0.4, 0.5) is 5.69 Å². The Balaban J connectivity index is 1.96. The average Bonchev–Trinajstić information content (AvgIpc) is 2.84. The number of aliphatic carboxylic acids is 1. The molecule has 1 saturated carbocycles. The average molecular weight is 273 g/mol. The van der Waals surface area contributed by atoms with Gasteiger partial charge in [-0.05, 0) is 42.5 Å². The molecule has 0 aromatic heterocycles. The molecule has 1 amide bonds. The van der Waals surface area contributed by atoms with Gasteiger partial charge in [0, 0.05) is 17.7 Å². The highest BCUT2D eigenvalue weighted by molar-refractivity contribution is 5.93. The Bertz CT molecular complexity index is 519. The summed E-state index contributed by atoms with van der Waals surface area (Å²) in [4.78, 5) is 22.5. The minimum absolute atomic E-state index is 0.0869. The van der Waals surface area contributed by atoms with Gasteiger partial charge in [-0.15, -0.1) is 0 Å². The number of hydrogen-bond donors (Lipinski definition) is 2. The lowest BCUT2D eigenvalue weighted by molar-refractivity contribution is -0.131. The second kappa shape index (κ2) is 6.37. The molecule has 2 N–H and O–H groups in total. The van der Waals surface area contributed by atoms with Crippen molar-refractivity contribution in [1.82, 2.24) is 0 Å². The molecule has 0 spiro atoms. The molecular formula is C16H19NO3. The summed E-state index contributed by atoms with van der Waals surface area (Å²) in [6.07, 6.45) is 5.82. The smallest absolute Gasteiger partial charge is 0.328 e. The van der Waals surface area contributed by atoms with E-state index in [2.05, 4.69) is 12.2 Å². The number of benzene rings is 1. The topological polar surface area (TPSA) is 66.4 Å². The van der Waals surface area contributed by atoms with Crippen molar-refractivity contribution in [2.75, 3.05) is 5.32 Å². The first-order chi connectivity index (χ1) is 9.56. The highest BCUT2D eigenvalue weighted by Gasteiger charge is 2.29. The largest absolute Gasteiger partial charge is 0.478 e. The number of carbonyl (C=O) groups is 2. The van der Waals surface area contributed by atoms with Gasteiger partial charge in [-0.2, -0.15) is 0 Å². The van der Waals surface area contributed by atoms with Crippen molar-refractivity contribution in [3.8, 4) is 0 Å². The normalized spacial score (nSPS) is 22.1. The predicted molar refractivity (Wildman–Crippen MR) is 78.2 cm³/mol. The zero-order chi connectivity index (χ0) is 14.5. The van der Waals surface area contributed by atoms with Crippen LogP contribution in [0.5, 0.6) is 0 Å². The molecule has 0 bridgehead atoms. The third kappa shape index (κ3) is 3.70. The van der Waals surface area contributed by atoms with E-state index in [-0.39, 0.29) is 11.8 Å². The van der Waals surface area contributed by atoms with Gasteiger partial charge in [0.1, 0.15) is 0 Å². The number of carbonyl (C=O) groups excluding carboxylic acids is 1. The minimum Gasteiger partial charge on any atom is -0.478 e. The molecule has 0 saturated heterocycles. The lowest BCUT2D eigenvalue weighted by Crippen LogP contribution is -2.24. The number of anilines is 1. The maximum Gasteiger partial charge on any atom is 0.328 e. The van der Waals surface area contributed by atoms with Crippen LogP contribution in [-0.4, -0.2) is 17.0 Å². The second-order valence-electron chi connectivity index (χ2n) is 5.30. The van der Waals surface area contributed by atoms with Gasteiger partial charge < -0.3 is 10.4 Å². The van der Waals surface area contributed by atoms with Crippen LogP contribution in [0.15, 0.2) is 30.3 Å². The van der Waals surface area contributed by atoms with E-state index in [0.29, 0.717) is 5.92 Å². The summed E-state index contributed by atoms with van der Waals surface area (Å²) in [6, 6.07) is 7.15. The van der Waals surface area contributed by atoms with Gasteiger partial charge in [0.25, 0.3) is 0 Å². The van der Waals surface area contributed by atoms with Crippen LogP contribution in [-0.2, 0) is 9.59 Å². The second-order valence-corrected chi connectivity index (χ2v) is 5.30. The number of carboxylic acid groups (broad SMARTS) is 1. The molecule has 1 aromatic carbocycles. The third-order valence-electron chi connectivity index (χ3n) is 3.79. The van der Waals surface area contributed by atoms with E-state index in [9.17, 15) is 9.59 Å². The monoisotopic (exact) mass is 273 g/mol. The molecule has 1 aliphatic rings. The number of hydrogen-bond acceptors (Lipinski definition) is 2. The summed E-state index contributed by atoms with van der Waals surface area (Å²) in [7, 11) is 0. The Kier molecular flexibility index (Phi) is 4.56. The van der Waals surface area contributed by atoms with Gasteiger partial charge in [-0.3, -0.25) is 4.79 Å². The Morgan fingerprint density at radius 2 is 1.95 bits per heavy atom. The predicted octanol–water partition coefficient (Wildman–Crippen LogP) is 3.16. The van der Waals surface area contributed by atoms with Crippen molar-refractivity contribution < 1.29 is 14.7 Å². The molecule has 0 heterocycles. The molecule has 0 aliphatic heterocycles. The molecule has 2 unspecified atom stereocenters. The molecule has 1 aromatic rings. The fourth-order valence-electron chi connectivity index (χ4n) is 2.61. The molecule has 1 fully saturated rings. The molecule has 0 radical (unpaired) electrons. The molecule has 106 valence electrons. The summed E-state index contributed by atoms with van der Waals surface area (Å²) >= 11 is 0. The van der Waals surface area contributed by atoms with Crippen LogP contribution in [0.3, 0.4) is 0 Å². The van der Waals surface area contributed by atoms with E-state index in [1.807, 2.05) is 0 Å². The Morgan fingerprint density at radius 3 is 2.50 bits per heavy atom. The zero-order valence-electron chi connectivity index (χ0n) is 11.5. The third-order valence-corrected chi connectivity index (χ3v) is 3.79. The lowest BCUT2D eigenvalue weighted by Gasteiger charge is -2.15. The van der Waals surface area contributed by atoms with Crippen LogP contribution in [0.2, 0.25) is 0 Å². The van der Waals surface area contributed by atoms with Crippen LogP contribution >= 0.6 is 0 Å². The minimum atomic E-state index is -0.974. The van der Waals surface area contributed by atoms with Gasteiger partial charge in [0.2, 0.25) is 5.91 Å². The van der Waals surface area contributed by atoms with Crippen molar-refractivity contribution in [3.05, 3.63) is 35.9 Å². The van der Waals surface area contributed by atoms with Crippen molar-refractivity contribution in [2.24, 2.45) is 11.8 Å². The highest BCUT2D eigenvalue weighted by atomic mass is 16.4. The van der Waals surface area contributed by atoms with Crippen LogP contribution in [0.1, 0.15) is 31.7 Å². The lowest BCUT2D eigenvalue weighted by atomic mass is 9.97. The summed E-state index contributed by atoms with van der Waals surface area (Å²) in [5, 5.41) is 11.5. The molecule has 1 aliphatic carbocycles. The van der Waals surface area contributed by atoms with Gasteiger partial charge >= 0.3 is 5.97 Å². The molecule has 2 rings (SSSR count). The fourth-order valence-corrected chi connectivity index (χ4v) is 2.61. The van der Waals surface area contributed by atoms with Crippen LogP contribution < -0.4 is 5.32 Å². The SMILES string of the molecule is CC1CCCC1C(=O)Nc1ccc(/C=C/C(=O)O)cc1. The Hall–Kier alpha value is -2.10. The maximum absolute atomic E-state index is 12.1. The molecule has 4 heteroatoms. The highest BCUT2D eigenvalue weighted by Crippen LogP contribution is 2.32. The maximum atomic E-state index is 12.1. The number of nitrogens with one attached hydrogen (secondary N) is 1. The van der Waals surface area contributed by atoms with Crippen molar-refractivity contribution in [2.45, 2.75) is 26.2 Å². The van der Waals surface area contributed by atoms with E-state index in [0.717, 1.165) is 36.6 Å². The van der Waals surface area contributed by atoms with Gasteiger partial charge in [-0.1, -0.05) is 25.5 Å². The van der Waals surface area contributed by atoms with Crippen molar-refractivity contribution >= 4 is 23.6 Å². The van der Waals surface area contributed by atoms with Crippen LogP contribution in [0, 0.1) is 11.8 Å². The number of carboxylic acids is 1. The van der Waals surface area contributed by atoms with E-state index in [1.54, 1.807) is 24.3 Å². The Morgan fingerprint density at radius 1 is 1.25 bits per heavy atom. The van der Waals surface area contributed by atoms with E-state index in [4.69, 9.17) is 5.11 Å². The number of rotatable bonds is 4. The Labute approximate surface area is 118 Å². The van der Waals surface area contributed by atoms with E-state index in [1.165, 1.54) is 6.08 Å². The van der Waals surface area contributed by atoms with Crippen molar-refractivity contribution in [3.63, 3.8) is 0 Å². The van der Waals surface area contributed by atoms with Gasteiger partial charge in [0.15, 0.2) is 0 Å². The van der Waals surface area contributed by atoms with E-state index >= 15 is 0 Å². The summed E-state index contributed by atoms with van der Waals surface area (Å²) in [5.74, 6) is -0.323. The summed E-state index contributed by atoms with van der Waals surface area (Å²) < 4.78 is 0. The van der Waals surface area contributed by atoms with Gasteiger partial charge in [-0.25, -0.2) is 4.79 Å². The van der Waals surface area contributed by atoms with E-state index < -0.39 is 5.97 Å². The first-order valence-electron chi connectivity index (χ1n) is 6.88. The van der Waals surface area contributed by atoms with Crippen molar-refractivity contribution in [1.29, 1.82) is 0 Å². The summed E-state index contributed by atoms with van der Waals surface area (Å²) in [5.41, 5.74) is 1.54. The molecule has 2 atom stereocenters.